The molecule has 9 heteroatoms. The number of aromatic nitrogens is 2. The molecule has 3 rings (SSSR count). The first-order valence-corrected chi connectivity index (χ1v) is 8.54. The molecule has 2 aromatic rings. The lowest BCUT2D eigenvalue weighted by molar-refractivity contribution is 0.112. The average Bonchev–Trinajstić information content (AvgIpc) is 3.15. The third-order valence-electron chi connectivity index (χ3n) is 4.00. The van der Waals surface area contributed by atoms with E-state index in [9.17, 15) is 9.59 Å². The van der Waals surface area contributed by atoms with Crippen molar-refractivity contribution in [3.8, 4) is 11.4 Å². The molecule has 1 aromatic carbocycles. The maximum atomic E-state index is 12.6. The predicted octanol–water partition coefficient (Wildman–Crippen LogP) is 2.20. The van der Waals surface area contributed by atoms with E-state index in [-0.39, 0.29) is 11.9 Å². The second kappa shape index (κ2) is 8.20. The summed E-state index contributed by atoms with van der Waals surface area (Å²) in [5, 5.41) is 5.53. The Kier molecular flexibility index (Phi) is 5.75. The molecule has 2 N–H and O–H groups in total. The fourth-order valence-corrected chi connectivity index (χ4v) is 2.92. The van der Waals surface area contributed by atoms with Crippen LogP contribution in [-0.2, 0) is 4.74 Å². The molecular formula is C17H19ClN4O4. The number of methoxy groups -OCH3 is 1. The minimum Gasteiger partial charge on any atom is -0.495 e. The van der Waals surface area contributed by atoms with Crippen LogP contribution in [0.3, 0.4) is 0 Å². The van der Waals surface area contributed by atoms with Crippen LogP contribution in [-0.4, -0.2) is 41.9 Å². The summed E-state index contributed by atoms with van der Waals surface area (Å²) in [6, 6.07) is 4.44. The van der Waals surface area contributed by atoms with Crippen LogP contribution >= 0.6 is 11.6 Å². The van der Waals surface area contributed by atoms with Crippen molar-refractivity contribution in [2.75, 3.05) is 25.6 Å². The maximum Gasteiger partial charge on any atom is 0.320 e. The Balaban J connectivity index is 1.73. The highest BCUT2D eigenvalue weighted by molar-refractivity contribution is 6.32. The van der Waals surface area contributed by atoms with E-state index in [2.05, 4.69) is 15.6 Å². The van der Waals surface area contributed by atoms with Gasteiger partial charge < -0.3 is 14.8 Å². The molecule has 1 aromatic heterocycles. The Morgan fingerprint density at radius 2 is 2.35 bits per heavy atom. The van der Waals surface area contributed by atoms with Gasteiger partial charge in [-0.05, 0) is 31.0 Å². The number of ether oxygens (including phenoxy) is 2. The van der Waals surface area contributed by atoms with Crippen molar-refractivity contribution in [1.29, 1.82) is 0 Å². The molecule has 0 saturated carbocycles. The van der Waals surface area contributed by atoms with Crippen molar-refractivity contribution in [1.82, 2.24) is 14.9 Å². The van der Waals surface area contributed by atoms with Gasteiger partial charge in [0.25, 0.3) is 5.56 Å². The zero-order valence-corrected chi connectivity index (χ0v) is 15.0. The van der Waals surface area contributed by atoms with Crippen LogP contribution in [0.2, 0.25) is 5.02 Å². The van der Waals surface area contributed by atoms with Gasteiger partial charge in [0.15, 0.2) is 0 Å². The molecule has 2 heterocycles. The van der Waals surface area contributed by atoms with Crippen LogP contribution < -0.4 is 20.9 Å². The highest BCUT2D eigenvalue weighted by atomic mass is 35.5. The van der Waals surface area contributed by atoms with Crippen molar-refractivity contribution in [2.45, 2.75) is 18.9 Å². The van der Waals surface area contributed by atoms with Crippen molar-refractivity contribution in [3.63, 3.8) is 0 Å². The van der Waals surface area contributed by atoms with Crippen molar-refractivity contribution < 1.29 is 14.3 Å². The van der Waals surface area contributed by atoms with E-state index in [1.54, 1.807) is 18.2 Å². The third-order valence-corrected chi connectivity index (χ3v) is 4.30. The van der Waals surface area contributed by atoms with E-state index >= 15 is 0 Å². The Morgan fingerprint density at radius 3 is 3.04 bits per heavy atom. The first-order valence-electron chi connectivity index (χ1n) is 8.16. The van der Waals surface area contributed by atoms with Crippen molar-refractivity contribution in [2.24, 2.45) is 0 Å². The Hall–Kier alpha value is -2.58. The molecule has 0 spiro atoms. The van der Waals surface area contributed by atoms with Crippen molar-refractivity contribution >= 4 is 23.4 Å². The number of hydrogen-bond donors (Lipinski definition) is 2. The zero-order chi connectivity index (χ0) is 18.5. The number of benzene rings is 1. The molecule has 138 valence electrons. The number of rotatable bonds is 5. The minimum absolute atomic E-state index is 0.0163. The molecule has 8 nitrogen and oxygen atoms in total. The molecule has 2 amide bonds. The molecule has 1 aliphatic rings. The van der Waals surface area contributed by atoms with Crippen LogP contribution in [0, 0.1) is 0 Å². The number of halogens is 1. The van der Waals surface area contributed by atoms with E-state index in [0.29, 0.717) is 29.6 Å². The number of amides is 2. The summed E-state index contributed by atoms with van der Waals surface area (Å²) in [5.41, 5.74) is 0.0620. The second-order valence-electron chi connectivity index (χ2n) is 5.74. The fourth-order valence-electron chi connectivity index (χ4n) is 2.67. The topological polar surface area (TPSA) is 94.5 Å². The number of anilines is 1. The van der Waals surface area contributed by atoms with Crippen LogP contribution in [0.1, 0.15) is 12.8 Å². The van der Waals surface area contributed by atoms with Gasteiger partial charge in [-0.1, -0.05) is 11.6 Å². The zero-order valence-electron chi connectivity index (χ0n) is 14.2. The predicted molar refractivity (Wildman–Crippen MR) is 97.4 cm³/mol. The van der Waals surface area contributed by atoms with Crippen molar-refractivity contribution in [3.05, 3.63) is 46.0 Å². The highest BCUT2D eigenvalue weighted by Gasteiger charge is 2.17. The third kappa shape index (κ3) is 4.14. The number of urea groups is 1. The number of carbonyl (C=O) groups is 1. The lowest BCUT2D eigenvalue weighted by atomic mass is 10.2. The highest BCUT2D eigenvalue weighted by Crippen LogP contribution is 2.26. The quantitative estimate of drug-likeness (QED) is 0.831. The first kappa shape index (κ1) is 18.2. The van der Waals surface area contributed by atoms with E-state index in [1.165, 1.54) is 24.1 Å². The summed E-state index contributed by atoms with van der Waals surface area (Å²) in [4.78, 5) is 28.5. The van der Waals surface area contributed by atoms with E-state index in [1.807, 2.05) is 0 Å². The fraction of sp³-hybridized carbons (Fsp3) is 0.353. The summed E-state index contributed by atoms with van der Waals surface area (Å²) in [6.07, 6.45) is 4.84. The van der Waals surface area contributed by atoms with Crippen LogP contribution in [0.25, 0.3) is 5.69 Å². The van der Waals surface area contributed by atoms with Gasteiger partial charge in [0, 0.05) is 25.5 Å². The molecular weight excluding hydrogens is 360 g/mol. The molecule has 1 fully saturated rings. The molecule has 26 heavy (non-hydrogen) atoms. The van der Waals surface area contributed by atoms with E-state index < -0.39 is 11.6 Å². The first-order chi connectivity index (χ1) is 12.6. The summed E-state index contributed by atoms with van der Waals surface area (Å²) >= 11 is 6.11. The van der Waals surface area contributed by atoms with Gasteiger partial charge in [-0.15, -0.1) is 0 Å². The monoisotopic (exact) mass is 378 g/mol. The number of nitrogens with one attached hydrogen (secondary N) is 2. The maximum absolute atomic E-state index is 12.6. The smallest absolute Gasteiger partial charge is 0.320 e. The van der Waals surface area contributed by atoms with Gasteiger partial charge in [0.2, 0.25) is 5.82 Å². The molecule has 0 unspecified atom stereocenters. The summed E-state index contributed by atoms with van der Waals surface area (Å²) < 4.78 is 11.9. The van der Waals surface area contributed by atoms with E-state index in [4.69, 9.17) is 21.1 Å². The number of nitrogens with zero attached hydrogens (tertiary/aromatic N) is 2. The van der Waals surface area contributed by atoms with Gasteiger partial charge >= 0.3 is 6.03 Å². The van der Waals surface area contributed by atoms with Crippen LogP contribution in [0.15, 0.2) is 35.4 Å². The standard InChI is InChI=1S/C17H19ClN4O4/c1-25-14-5-4-11(9-13(14)18)22-7-6-19-15(16(22)23)21-17(24)20-10-12-3-2-8-26-12/h4-7,9,12H,2-3,8,10H2,1H3,(H2,19,20,21,24)/t12-/m0/s1. The Labute approximate surface area is 155 Å². The normalized spacial score (nSPS) is 16.3. The molecule has 0 radical (unpaired) electrons. The average molecular weight is 379 g/mol. The molecule has 1 atom stereocenters. The molecule has 0 bridgehead atoms. The van der Waals surface area contributed by atoms with Gasteiger partial charge in [-0.25, -0.2) is 9.78 Å². The van der Waals surface area contributed by atoms with Gasteiger partial charge in [0.1, 0.15) is 5.75 Å². The van der Waals surface area contributed by atoms with Gasteiger partial charge in [0.05, 0.1) is 23.9 Å². The Bertz CT molecular complexity index is 849. The summed E-state index contributed by atoms with van der Waals surface area (Å²) in [6.45, 7) is 1.10. The van der Waals surface area contributed by atoms with Crippen LogP contribution in [0.5, 0.6) is 5.75 Å². The summed E-state index contributed by atoms with van der Waals surface area (Å²) in [5.74, 6) is 0.425. The largest absolute Gasteiger partial charge is 0.495 e. The molecule has 0 aliphatic carbocycles. The van der Waals surface area contributed by atoms with Crippen LogP contribution in [0.4, 0.5) is 10.6 Å². The van der Waals surface area contributed by atoms with Gasteiger partial charge in [-0.2, -0.15) is 0 Å². The molecule has 1 saturated heterocycles. The number of carbonyl (C=O) groups excluding carboxylic acids is 1. The number of hydrogen-bond acceptors (Lipinski definition) is 5. The van der Waals surface area contributed by atoms with E-state index in [0.717, 1.165) is 12.8 Å². The Morgan fingerprint density at radius 1 is 1.50 bits per heavy atom. The second-order valence-corrected chi connectivity index (χ2v) is 6.15. The minimum atomic E-state index is -0.504. The lowest BCUT2D eigenvalue weighted by Gasteiger charge is -2.12. The lowest BCUT2D eigenvalue weighted by Crippen LogP contribution is -2.37. The summed E-state index contributed by atoms with van der Waals surface area (Å²) in [7, 11) is 1.51. The molecule has 1 aliphatic heterocycles. The SMILES string of the molecule is COc1ccc(-n2ccnc(NC(=O)NC[C@@H]3CCCO3)c2=O)cc1Cl. The van der Waals surface area contributed by atoms with Gasteiger partial charge in [-0.3, -0.25) is 14.7 Å².